The zero-order valence-electron chi connectivity index (χ0n) is 15.5. The minimum absolute atomic E-state index is 0.0710. The van der Waals surface area contributed by atoms with Gasteiger partial charge in [0.05, 0.1) is 24.4 Å². The highest BCUT2D eigenvalue weighted by Gasteiger charge is 2.21. The Kier molecular flexibility index (Phi) is 5.37. The number of benzene rings is 1. The highest BCUT2D eigenvalue weighted by atomic mass is 16.5. The maximum absolute atomic E-state index is 6.39. The van der Waals surface area contributed by atoms with Crippen LogP contribution < -0.4 is 20.8 Å². The van der Waals surface area contributed by atoms with E-state index in [1.54, 1.807) is 6.07 Å². The van der Waals surface area contributed by atoms with Crippen LogP contribution in [0.3, 0.4) is 0 Å². The summed E-state index contributed by atoms with van der Waals surface area (Å²) in [6.45, 7) is 8.26. The zero-order valence-corrected chi connectivity index (χ0v) is 15.5. The van der Waals surface area contributed by atoms with Crippen molar-refractivity contribution in [1.29, 1.82) is 0 Å². The van der Waals surface area contributed by atoms with Crippen LogP contribution in [0.4, 0.5) is 11.5 Å². The van der Waals surface area contributed by atoms with Crippen molar-refractivity contribution in [1.82, 2.24) is 9.97 Å². The van der Waals surface area contributed by atoms with Crippen LogP contribution in [0.2, 0.25) is 0 Å². The van der Waals surface area contributed by atoms with Crippen LogP contribution >= 0.6 is 0 Å². The van der Waals surface area contributed by atoms with E-state index in [1.807, 2.05) is 32.0 Å². The molecule has 1 aromatic heterocycles. The molecule has 0 unspecified atom stereocenters. The Labute approximate surface area is 153 Å². The van der Waals surface area contributed by atoms with Gasteiger partial charge < -0.3 is 20.1 Å². The van der Waals surface area contributed by atoms with E-state index in [1.165, 1.54) is 6.33 Å². The summed E-state index contributed by atoms with van der Waals surface area (Å²) in [6.07, 6.45) is 1.77. The number of aromatic nitrogens is 2. The topological polar surface area (TPSA) is 99.1 Å². The van der Waals surface area contributed by atoms with E-state index in [0.29, 0.717) is 29.3 Å². The molecule has 0 aliphatic carbocycles. The first-order chi connectivity index (χ1) is 12.4. The van der Waals surface area contributed by atoms with E-state index in [2.05, 4.69) is 21.8 Å². The summed E-state index contributed by atoms with van der Waals surface area (Å²) in [7, 11) is 0. The van der Waals surface area contributed by atoms with Crippen LogP contribution in [0.25, 0.3) is 0 Å². The van der Waals surface area contributed by atoms with E-state index >= 15 is 0 Å². The van der Waals surface area contributed by atoms with Crippen LogP contribution in [0.15, 0.2) is 30.6 Å². The number of hydrogen-bond acceptors (Lipinski definition) is 6. The van der Waals surface area contributed by atoms with Crippen LogP contribution in [0, 0.1) is 0 Å². The lowest BCUT2D eigenvalue weighted by Crippen LogP contribution is -2.43. The second-order valence-corrected chi connectivity index (χ2v) is 6.72. The number of nitrogens with two attached hydrogens (primary N) is 2. The van der Waals surface area contributed by atoms with Gasteiger partial charge in [0.25, 0.3) is 0 Å². The first-order valence-corrected chi connectivity index (χ1v) is 8.82. The van der Waals surface area contributed by atoms with Crippen LogP contribution in [-0.2, 0) is 4.74 Å². The van der Waals surface area contributed by atoms with Crippen LogP contribution in [0.5, 0.6) is 5.75 Å². The highest BCUT2D eigenvalue weighted by molar-refractivity contribution is 6.11. The molecule has 0 saturated carbocycles. The quantitative estimate of drug-likeness (QED) is 0.603. The Morgan fingerprint density at radius 3 is 2.88 bits per heavy atom. The molecule has 1 atom stereocenters. The lowest BCUT2D eigenvalue weighted by Gasteiger charge is -2.31. The van der Waals surface area contributed by atoms with Crippen molar-refractivity contribution in [3.63, 3.8) is 0 Å². The lowest BCUT2D eigenvalue weighted by atomic mass is 10.0. The third-order valence-corrected chi connectivity index (χ3v) is 4.18. The van der Waals surface area contributed by atoms with Gasteiger partial charge in [-0.15, -0.1) is 0 Å². The summed E-state index contributed by atoms with van der Waals surface area (Å²) in [4.78, 5) is 10.9. The standard InChI is InChI=1S/C19H25N5O2/c1-12(2)26-14-4-5-16(20)15(8-14)19(21)17-9-18(23-11-22-17)24-6-7-25-13(3)10-24/h4-5,8-9,11-13,21H,6-7,10,20H2,1-3H3/p+1/t13-/m1/s1. The van der Waals surface area contributed by atoms with E-state index < -0.39 is 0 Å². The molecule has 26 heavy (non-hydrogen) atoms. The van der Waals surface area contributed by atoms with E-state index in [4.69, 9.17) is 20.6 Å². The fourth-order valence-electron chi connectivity index (χ4n) is 2.95. The van der Waals surface area contributed by atoms with Crippen molar-refractivity contribution < 1.29 is 14.9 Å². The number of anilines is 2. The Balaban J connectivity index is 1.87. The van der Waals surface area contributed by atoms with Gasteiger partial charge in [-0.05, 0) is 39.0 Å². The Hall–Kier alpha value is -2.67. The molecule has 0 bridgehead atoms. The van der Waals surface area contributed by atoms with Crippen LogP contribution in [-0.4, -0.2) is 47.6 Å². The number of nitrogen functional groups attached to an aromatic ring is 1. The van der Waals surface area contributed by atoms with Crippen molar-refractivity contribution in [2.75, 3.05) is 30.3 Å². The molecule has 7 heteroatoms. The lowest BCUT2D eigenvalue weighted by molar-refractivity contribution is -0.111. The zero-order chi connectivity index (χ0) is 18.7. The van der Waals surface area contributed by atoms with Gasteiger partial charge in [0.1, 0.15) is 23.6 Å². The summed E-state index contributed by atoms with van der Waals surface area (Å²) in [6, 6.07) is 7.38. The summed E-state index contributed by atoms with van der Waals surface area (Å²) in [5.74, 6) is 1.56. The Morgan fingerprint density at radius 1 is 1.35 bits per heavy atom. The number of hydrogen-bond donors (Lipinski definition) is 2. The van der Waals surface area contributed by atoms with Gasteiger partial charge in [0.2, 0.25) is 5.71 Å². The number of morpholine rings is 1. The Morgan fingerprint density at radius 2 is 2.15 bits per heavy atom. The maximum Gasteiger partial charge on any atom is 0.232 e. The molecule has 0 spiro atoms. The summed E-state index contributed by atoms with van der Waals surface area (Å²) >= 11 is 0. The number of rotatable bonds is 5. The predicted molar refractivity (Wildman–Crippen MR) is 101 cm³/mol. The van der Waals surface area contributed by atoms with Crippen molar-refractivity contribution in [3.05, 3.63) is 41.9 Å². The molecule has 4 N–H and O–H groups in total. The SMILES string of the molecule is CC(C)Oc1ccc(N)c(C(=[NH2+])c2cc(N3CCO[C@H](C)C3)ncn2)c1. The van der Waals surface area contributed by atoms with Gasteiger partial charge in [0.15, 0.2) is 0 Å². The molecule has 1 saturated heterocycles. The third kappa shape index (κ3) is 4.11. The first kappa shape index (κ1) is 18.1. The average Bonchev–Trinajstić information content (AvgIpc) is 2.62. The van der Waals surface area contributed by atoms with Gasteiger partial charge >= 0.3 is 0 Å². The molecule has 1 aliphatic heterocycles. The van der Waals surface area contributed by atoms with E-state index in [0.717, 1.165) is 24.7 Å². The largest absolute Gasteiger partial charge is 0.491 e. The van der Waals surface area contributed by atoms with Crippen molar-refractivity contribution in [2.45, 2.75) is 33.0 Å². The van der Waals surface area contributed by atoms with E-state index in [9.17, 15) is 0 Å². The molecule has 7 nitrogen and oxygen atoms in total. The Bertz CT molecular complexity index is 793. The fraction of sp³-hybridized carbons (Fsp3) is 0.421. The van der Waals surface area contributed by atoms with Crippen molar-refractivity contribution >= 4 is 17.2 Å². The second-order valence-electron chi connectivity index (χ2n) is 6.72. The molecule has 1 aliphatic rings. The monoisotopic (exact) mass is 356 g/mol. The number of nitrogens with zero attached hydrogens (tertiary/aromatic N) is 3. The van der Waals surface area contributed by atoms with Gasteiger partial charge in [-0.1, -0.05) is 0 Å². The molecule has 138 valence electrons. The molecule has 2 aromatic rings. The minimum atomic E-state index is 0.0710. The molecule has 1 aromatic carbocycles. The fourth-order valence-corrected chi connectivity index (χ4v) is 2.95. The molecule has 0 amide bonds. The molecular weight excluding hydrogens is 330 g/mol. The van der Waals surface area contributed by atoms with Gasteiger partial charge in [-0.25, -0.2) is 9.97 Å². The molecule has 0 radical (unpaired) electrons. The molecule has 3 rings (SSSR count). The van der Waals surface area contributed by atoms with Gasteiger partial charge in [-0.2, -0.15) is 0 Å². The van der Waals surface area contributed by atoms with Gasteiger partial charge in [0, 0.05) is 24.8 Å². The van der Waals surface area contributed by atoms with E-state index in [-0.39, 0.29) is 12.2 Å². The molecular formula is C19H26N5O2+. The molecule has 2 heterocycles. The maximum atomic E-state index is 6.39. The van der Waals surface area contributed by atoms with Crippen LogP contribution in [0.1, 0.15) is 32.0 Å². The smallest absolute Gasteiger partial charge is 0.232 e. The highest BCUT2D eigenvalue weighted by Crippen LogP contribution is 2.23. The van der Waals surface area contributed by atoms with Gasteiger partial charge in [-0.3, -0.25) is 5.41 Å². The number of ether oxygens (including phenoxy) is 2. The second kappa shape index (κ2) is 7.70. The normalized spacial score (nSPS) is 17.4. The molecule has 1 fully saturated rings. The predicted octanol–water partition coefficient (Wildman–Crippen LogP) is 0.668. The van der Waals surface area contributed by atoms with Crippen molar-refractivity contribution in [3.8, 4) is 5.75 Å². The summed E-state index contributed by atoms with van der Waals surface area (Å²) < 4.78 is 11.3. The van der Waals surface area contributed by atoms with Crippen molar-refractivity contribution in [2.24, 2.45) is 0 Å². The summed E-state index contributed by atoms with van der Waals surface area (Å²) in [5, 5.41) is 6.39. The average molecular weight is 356 g/mol. The summed E-state index contributed by atoms with van der Waals surface area (Å²) in [5.41, 5.74) is 8.57. The minimum Gasteiger partial charge on any atom is -0.491 e. The first-order valence-electron chi connectivity index (χ1n) is 8.82. The third-order valence-electron chi connectivity index (χ3n) is 4.18.